The van der Waals surface area contributed by atoms with Crippen LogP contribution in [-0.4, -0.2) is 37.2 Å². The van der Waals surface area contributed by atoms with Crippen molar-refractivity contribution in [3.63, 3.8) is 0 Å². The lowest BCUT2D eigenvalue weighted by atomic mass is 10.0. The maximum absolute atomic E-state index is 12.9. The van der Waals surface area contributed by atoms with E-state index in [2.05, 4.69) is 142 Å². The lowest BCUT2D eigenvalue weighted by Gasteiger charge is -2.18. The smallest absolute Gasteiger partial charge is 0.306 e. The van der Waals surface area contributed by atoms with Crippen molar-refractivity contribution in [2.45, 2.75) is 297 Å². The molecule has 0 heterocycles. The van der Waals surface area contributed by atoms with Crippen LogP contribution in [0, 0.1) is 0 Å². The molecule has 0 aliphatic heterocycles. The zero-order valence-corrected chi connectivity index (χ0v) is 50.2. The number of allylic oxidation sites excluding steroid dienone is 20. The van der Waals surface area contributed by atoms with Crippen molar-refractivity contribution >= 4 is 17.9 Å². The monoisotopic (exact) mass is 1070 g/mol. The molecule has 0 amide bonds. The van der Waals surface area contributed by atoms with Gasteiger partial charge in [0, 0.05) is 19.3 Å². The van der Waals surface area contributed by atoms with E-state index in [4.69, 9.17) is 14.2 Å². The summed E-state index contributed by atoms with van der Waals surface area (Å²) in [5.41, 5.74) is 0. The van der Waals surface area contributed by atoms with Crippen LogP contribution in [0.1, 0.15) is 290 Å². The van der Waals surface area contributed by atoms with Crippen LogP contribution < -0.4 is 0 Å². The van der Waals surface area contributed by atoms with Crippen LogP contribution in [-0.2, 0) is 28.6 Å². The molecule has 6 nitrogen and oxygen atoms in total. The third kappa shape index (κ3) is 62.5. The van der Waals surface area contributed by atoms with E-state index >= 15 is 0 Å². The van der Waals surface area contributed by atoms with Gasteiger partial charge in [0.05, 0.1) is 0 Å². The van der Waals surface area contributed by atoms with Gasteiger partial charge in [-0.05, 0) is 128 Å². The molecule has 77 heavy (non-hydrogen) atoms. The van der Waals surface area contributed by atoms with Crippen LogP contribution in [0.2, 0.25) is 0 Å². The average Bonchev–Trinajstić information content (AvgIpc) is 3.43. The molecule has 0 aliphatic rings. The highest BCUT2D eigenvalue weighted by molar-refractivity contribution is 5.71. The topological polar surface area (TPSA) is 78.9 Å². The van der Waals surface area contributed by atoms with Gasteiger partial charge in [0.2, 0.25) is 0 Å². The minimum absolute atomic E-state index is 0.0964. The molecule has 6 heteroatoms. The van der Waals surface area contributed by atoms with Crippen molar-refractivity contribution in [2.75, 3.05) is 13.2 Å². The fourth-order valence-corrected chi connectivity index (χ4v) is 8.69. The van der Waals surface area contributed by atoms with Gasteiger partial charge in [0.1, 0.15) is 13.2 Å². The van der Waals surface area contributed by atoms with Gasteiger partial charge in [0.25, 0.3) is 0 Å². The second-order valence-corrected chi connectivity index (χ2v) is 20.9. The van der Waals surface area contributed by atoms with Gasteiger partial charge in [-0.25, -0.2) is 0 Å². The fraction of sp³-hybridized carbons (Fsp3) is 0.676. The molecule has 0 aliphatic carbocycles. The summed E-state index contributed by atoms with van der Waals surface area (Å²) in [7, 11) is 0. The van der Waals surface area contributed by atoms with Gasteiger partial charge >= 0.3 is 17.9 Å². The van der Waals surface area contributed by atoms with Crippen LogP contribution >= 0.6 is 0 Å². The standard InChI is InChI=1S/C71H118O6/c1-4-7-10-13-16-19-22-25-27-29-31-32-33-34-35-36-37-38-40-41-43-46-49-52-55-58-61-64-70(73)76-67-68(66-75-69(72)63-60-57-54-51-48-45-24-21-18-15-12-9-6-3)77-71(74)65-62-59-56-53-50-47-44-42-39-30-28-26-23-20-17-14-11-8-5-2/h8-9,11-12,17-18,20-22,25-26,28-29,31,33-34,39,42,45,48,68H,4-7,10,13-16,19,23-24,27,30,32,35-38,40-41,43-44,46-47,49-67H2,1-3H3/b11-8-,12-9-,20-17-,21-18-,25-22-,28-26-,31-29-,34-33-,42-39-,48-45-. The van der Waals surface area contributed by atoms with Crippen LogP contribution in [0.25, 0.3) is 0 Å². The van der Waals surface area contributed by atoms with Gasteiger partial charge in [-0.1, -0.05) is 264 Å². The number of ether oxygens (including phenoxy) is 3. The first kappa shape index (κ1) is 72.8. The Morgan fingerprint density at radius 1 is 0.273 bits per heavy atom. The molecule has 0 N–H and O–H groups in total. The van der Waals surface area contributed by atoms with Gasteiger partial charge < -0.3 is 14.2 Å². The molecule has 438 valence electrons. The summed E-state index contributed by atoms with van der Waals surface area (Å²) in [5.74, 6) is -0.940. The van der Waals surface area contributed by atoms with Crippen molar-refractivity contribution in [1.29, 1.82) is 0 Å². The van der Waals surface area contributed by atoms with Crippen LogP contribution in [0.5, 0.6) is 0 Å². The molecule has 0 aromatic heterocycles. The molecule has 0 bridgehead atoms. The summed E-state index contributed by atoms with van der Waals surface area (Å²) >= 11 is 0. The van der Waals surface area contributed by atoms with Crippen molar-refractivity contribution in [1.82, 2.24) is 0 Å². The quantitative estimate of drug-likeness (QED) is 0.0261. The number of hydrogen-bond donors (Lipinski definition) is 0. The number of unbranched alkanes of at least 4 members (excludes halogenated alkanes) is 26. The highest BCUT2D eigenvalue weighted by Crippen LogP contribution is 2.15. The normalized spacial score (nSPS) is 12.9. The summed E-state index contributed by atoms with van der Waals surface area (Å²) in [5, 5.41) is 0. The Morgan fingerprint density at radius 2 is 0.506 bits per heavy atom. The third-order valence-corrected chi connectivity index (χ3v) is 13.4. The maximum atomic E-state index is 12.9. The average molecular weight is 1070 g/mol. The number of hydrogen-bond acceptors (Lipinski definition) is 6. The van der Waals surface area contributed by atoms with E-state index in [1.54, 1.807) is 0 Å². The first-order valence-corrected chi connectivity index (χ1v) is 32.0. The molecule has 1 atom stereocenters. The molecule has 1 unspecified atom stereocenters. The number of rotatable bonds is 57. The Kier molecular flexibility index (Phi) is 60.8. The summed E-state index contributed by atoms with van der Waals surface area (Å²) < 4.78 is 16.9. The molecule has 0 aromatic carbocycles. The largest absolute Gasteiger partial charge is 0.462 e. The molecule has 0 saturated carbocycles. The number of carbonyl (C=O) groups is 3. The van der Waals surface area contributed by atoms with Gasteiger partial charge in [-0.3, -0.25) is 14.4 Å². The molecule has 0 spiro atoms. The Hall–Kier alpha value is -4.19. The predicted octanol–water partition coefficient (Wildman–Crippen LogP) is 22.0. The van der Waals surface area contributed by atoms with E-state index in [1.807, 2.05) is 0 Å². The molecule has 0 aromatic rings. The van der Waals surface area contributed by atoms with Crippen molar-refractivity contribution in [3.05, 3.63) is 122 Å². The lowest BCUT2D eigenvalue weighted by Crippen LogP contribution is -2.30. The van der Waals surface area contributed by atoms with Gasteiger partial charge in [-0.2, -0.15) is 0 Å². The first-order chi connectivity index (χ1) is 38.0. The summed E-state index contributed by atoms with van der Waals surface area (Å²) in [4.78, 5) is 38.3. The Morgan fingerprint density at radius 3 is 0.805 bits per heavy atom. The van der Waals surface area contributed by atoms with Gasteiger partial charge in [-0.15, -0.1) is 0 Å². The second kappa shape index (κ2) is 64.3. The molecule has 0 fully saturated rings. The lowest BCUT2D eigenvalue weighted by molar-refractivity contribution is -0.167. The molecule has 0 radical (unpaired) electrons. The molecular weight excluding hydrogens is 949 g/mol. The molecule has 0 saturated heterocycles. The zero-order chi connectivity index (χ0) is 55.7. The SMILES string of the molecule is CC/C=C\C/C=C\C/C=C\C/C=C\CCCCCCCCC(=O)OC(COC(=O)CCCCC/C=C\C/C=C\C/C=C\CC)COC(=O)CCCCCCCCCCCCCC/C=C\C/C=C\C/C=C\CCCCCCC. The summed E-state index contributed by atoms with van der Waals surface area (Å²) in [6.45, 7) is 6.37. The first-order valence-electron chi connectivity index (χ1n) is 32.0. The number of esters is 3. The summed E-state index contributed by atoms with van der Waals surface area (Å²) in [6.07, 6.45) is 89.2. The van der Waals surface area contributed by atoms with E-state index in [0.717, 1.165) is 135 Å². The third-order valence-electron chi connectivity index (χ3n) is 13.4. The van der Waals surface area contributed by atoms with Gasteiger partial charge in [0.15, 0.2) is 6.10 Å². The minimum atomic E-state index is -0.803. The van der Waals surface area contributed by atoms with Crippen LogP contribution in [0.4, 0.5) is 0 Å². The molecule has 0 rings (SSSR count). The molecular formula is C71H118O6. The summed E-state index contributed by atoms with van der Waals surface area (Å²) in [6, 6.07) is 0. The van der Waals surface area contributed by atoms with Crippen molar-refractivity contribution in [3.8, 4) is 0 Å². The minimum Gasteiger partial charge on any atom is -0.462 e. The number of carbonyl (C=O) groups excluding carboxylic acids is 3. The van der Waals surface area contributed by atoms with Crippen LogP contribution in [0.15, 0.2) is 122 Å². The Balaban J connectivity index is 4.34. The zero-order valence-electron chi connectivity index (χ0n) is 50.2. The highest BCUT2D eigenvalue weighted by atomic mass is 16.6. The van der Waals surface area contributed by atoms with E-state index in [9.17, 15) is 14.4 Å². The predicted molar refractivity (Wildman–Crippen MR) is 334 cm³/mol. The van der Waals surface area contributed by atoms with E-state index in [0.29, 0.717) is 19.3 Å². The maximum Gasteiger partial charge on any atom is 0.306 e. The second-order valence-electron chi connectivity index (χ2n) is 20.9. The van der Waals surface area contributed by atoms with Crippen molar-refractivity contribution in [2.24, 2.45) is 0 Å². The van der Waals surface area contributed by atoms with Crippen LogP contribution in [0.3, 0.4) is 0 Å². The van der Waals surface area contributed by atoms with Crippen molar-refractivity contribution < 1.29 is 28.6 Å². The van der Waals surface area contributed by atoms with E-state index < -0.39 is 6.10 Å². The fourth-order valence-electron chi connectivity index (χ4n) is 8.69. The Bertz CT molecular complexity index is 1600. The van der Waals surface area contributed by atoms with E-state index in [1.165, 1.54) is 116 Å². The van der Waals surface area contributed by atoms with E-state index in [-0.39, 0.29) is 31.1 Å². The Labute approximate surface area is 475 Å². The highest BCUT2D eigenvalue weighted by Gasteiger charge is 2.19.